The maximum Gasteiger partial charge on any atom is 0.0522 e. The number of rotatable bonds is 12. The molecule has 0 atom stereocenters. The Morgan fingerprint density at radius 2 is 1.67 bits per heavy atom. The molecule has 0 aliphatic heterocycles. The van der Waals surface area contributed by atoms with Gasteiger partial charge in [0.1, 0.15) is 0 Å². The van der Waals surface area contributed by atoms with Gasteiger partial charge in [-0.05, 0) is 19.3 Å². The summed E-state index contributed by atoms with van der Waals surface area (Å²) in [5, 5.41) is 5.95. The molecule has 0 fully saturated rings. The van der Waals surface area contributed by atoms with Crippen molar-refractivity contribution >= 4 is 6.72 Å². The molecule has 0 unspecified atom stereocenters. The van der Waals surface area contributed by atoms with Crippen LogP contribution in [-0.4, -0.2) is 18.3 Å². The number of hydrazone groups is 1. The smallest absolute Gasteiger partial charge is 0.0522 e. The maximum atomic E-state index is 5.67. The van der Waals surface area contributed by atoms with E-state index in [4.69, 9.17) is 5.73 Å². The second-order valence-electron chi connectivity index (χ2n) is 4.79. The quantitative estimate of drug-likeness (QED) is 0.321. The van der Waals surface area contributed by atoms with Gasteiger partial charge in [0.05, 0.1) is 5.70 Å². The average molecular weight is 253 g/mol. The number of hydrogen-bond acceptors (Lipinski definition) is 3. The first-order chi connectivity index (χ1) is 8.79. The van der Waals surface area contributed by atoms with Gasteiger partial charge in [-0.15, -0.1) is 0 Å². The highest BCUT2D eigenvalue weighted by molar-refractivity contribution is 5.23. The third-order valence-electron chi connectivity index (χ3n) is 3.17. The summed E-state index contributed by atoms with van der Waals surface area (Å²) in [6.45, 7) is 8.90. The molecule has 18 heavy (non-hydrogen) atoms. The Bertz CT molecular complexity index is 224. The lowest BCUT2D eigenvalue weighted by molar-refractivity contribution is 0.348. The van der Waals surface area contributed by atoms with Gasteiger partial charge in [-0.3, -0.25) is 5.01 Å². The van der Waals surface area contributed by atoms with Crippen LogP contribution in [0.1, 0.15) is 71.6 Å². The Labute approximate surface area is 113 Å². The van der Waals surface area contributed by atoms with Gasteiger partial charge in [0.25, 0.3) is 0 Å². The molecule has 2 N–H and O–H groups in total. The summed E-state index contributed by atoms with van der Waals surface area (Å²) in [5.74, 6) is 0. The van der Waals surface area contributed by atoms with E-state index in [0.717, 1.165) is 25.1 Å². The van der Waals surface area contributed by atoms with E-state index in [9.17, 15) is 0 Å². The number of nitrogens with two attached hydrogens (primary N) is 1. The summed E-state index contributed by atoms with van der Waals surface area (Å²) in [6, 6.07) is 0. The molecule has 3 heteroatoms. The fourth-order valence-corrected chi connectivity index (χ4v) is 2.08. The summed E-state index contributed by atoms with van der Waals surface area (Å²) >= 11 is 0. The lowest BCUT2D eigenvalue weighted by Gasteiger charge is -2.20. The van der Waals surface area contributed by atoms with Crippen LogP contribution in [0, 0.1) is 0 Å². The predicted molar refractivity (Wildman–Crippen MR) is 81.4 cm³/mol. The van der Waals surface area contributed by atoms with Crippen molar-refractivity contribution in [3.8, 4) is 0 Å². The van der Waals surface area contributed by atoms with Gasteiger partial charge in [-0.2, -0.15) is 5.10 Å². The van der Waals surface area contributed by atoms with Gasteiger partial charge in [0.15, 0.2) is 0 Å². The molecule has 106 valence electrons. The van der Waals surface area contributed by atoms with Crippen LogP contribution in [0.25, 0.3) is 0 Å². The second-order valence-corrected chi connectivity index (χ2v) is 4.79. The highest BCUT2D eigenvalue weighted by atomic mass is 15.4. The molecule has 0 saturated carbocycles. The molecule has 0 aliphatic rings. The van der Waals surface area contributed by atoms with Crippen molar-refractivity contribution in [2.45, 2.75) is 71.6 Å². The zero-order chi connectivity index (χ0) is 13.6. The van der Waals surface area contributed by atoms with Crippen LogP contribution >= 0.6 is 0 Å². The van der Waals surface area contributed by atoms with E-state index in [0.29, 0.717) is 0 Å². The van der Waals surface area contributed by atoms with E-state index in [1.165, 1.54) is 44.9 Å². The zero-order valence-corrected chi connectivity index (χ0v) is 12.3. The van der Waals surface area contributed by atoms with Gasteiger partial charge >= 0.3 is 0 Å². The van der Waals surface area contributed by atoms with E-state index in [-0.39, 0.29) is 0 Å². The van der Waals surface area contributed by atoms with E-state index in [1.54, 1.807) is 6.20 Å². The minimum absolute atomic E-state index is 0.906. The van der Waals surface area contributed by atoms with Gasteiger partial charge < -0.3 is 5.73 Å². The van der Waals surface area contributed by atoms with Crippen LogP contribution in [0.3, 0.4) is 0 Å². The molecule has 0 aromatic carbocycles. The van der Waals surface area contributed by atoms with Crippen molar-refractivity contribution in [2.75, 3.05) is 6.54 Å². The van der Waals surface area contributed by atoms with E-state index in [2.05, 4.69) is 25.7 Å². The zero-order valence-electron chi connectivity index (χ0n) is 12.3. The molecule has 0 heterocycles. The number of hydrogen-bond donors (Lipinski definition) is 1. The van der Waals surface area contributed by atoms with Crippen LogP contribution in [0.2, 0.25) is 0 Å². The monoisotopic (exact) mass is 253 g/mol. The molecule has 0 bridgehead atoms. The molecule has 0 rings (SSSR count). The van der Waals surface area contributed by atoms with Crippen molar-refractivity contribution in [1.82, 2.24) is 5.01 Å². The SMILES string of the molecule is C=NN(CCC)/C(=C\N)CCCCCCCCC. The Kier molecular flexibility index (Phi) is 11.8. The largest absolute Gasteiger partial charge is 0.403 e. The fraction of sp³-hybridized carbons (Fsp3) is 0.800. The fourth-order valence-electron chi connectivity index (χ4n) is 2.08. The Balaban J connectivity index is 3.71. The third kappa shape index (κ3) is 8.15. The second kappa shape index (κ2) is 12.5. The number of unbranched alkanes of at least 4 members (excludes halogenated alkanes) is 6. The minimum atomic E-state index is 0.906. The molecule has 0 aromatic heterocycles. The van der Waals surface area contributed by atoms with Gasteiger partial charge in [0, 0.05) is 19.5 Å². The number of allylic oxidation sites excluding steroid dienone is 1. The van der Waals surface area contributed by atoms with Crippen molar-refractivity contribution in [3.63, 3.8) is 0 Å². The van der Waals surface area contributed by atoms with Crippen LogP contribution < -0.4 is 5.73 Å². The normalized spacial score (nSPS) is 11.6. The highest BCUT2D eigenvalue weighted by Gasteiger charge is 2.05. The Morgan fingerprint density at radius 1 is 1.06 bits per heavy atom. The van der Waals surface area contributed by atoms with Gasteiger partial charge in [-0.25, -0.2) is 0 Å². The van der Waals surface area contributed by atoms with Crippen molar-refractivity contribution in [1.29, 1.82) is 0 Å². The lowest BCUT2D eigenvalue weighted by atomic mass is 10.1. The highest BCUT2D eigenvalue weighted by Crippen LogP contribution is 2.15. The average Bonchev–Trinajstić information content (AvgIpc) is 2.40. The summed E-state index contributed by atoms with van der Waals surface area (Å²) in [6.07, 6.45) is 13.0. The number of nitrogens with zero attached hydrogens (tertiary/aromatic N) is 2. The predicted octanol–water partition coefficient (Wildman–Crippen LogP) is 4.25. The van der Waals surface area contributed by atoms with Crippen molar-refractivity contribution in [2.24, 2.45) is 10.8 Å². The van der Waals surface area contributed by atoms with Crippen LogP contribution in [0.5, 0.6) is 0 Å². The Morgan fingerprint density at radius 3 is 2.17 bits per heavy atom. The molecular weight excluding hydrogens is 222 g/mol. The van der Waals surface area contributed by atoms with Gasteiger partial charge in [-0.1, -0.05) is 52.4 Å². The third-order valence-corrected chi connectivity index (χ3v) is 3.17. The van der Waals surface area contributed by atoms with E-state index < -0.39 is 0 Å². The van der Waals surface area contributed by atoms with Gasteiger partial charge in [0.2, 0.25) is 0 Å². The summed E-state index contributed by atoms with van der Waals surface area (Å²) in [4.78, 5) is 0. The van der Waals surface area contributed by atoms with E-state index in [1.807, 2.05) is 5.01 Å². The first kappa shape index (κ1) is 17.0. The summed E-state index contributed by atoms with van der Waals surface area (Å²) in [5.41, 5.74) is 6.78. The first-order valence-electron chi connectivity index (χ1n) is 7.45. The van der Waals surface area contributed by atoms with Crippen molar-refractivity contribution < 1.29 is 0 Å². The lowest BCUT2D eigenvalue weighted by Crippen LogP contribution is -2.18. The van der Waals surface area contributed by atoms with Crippen LogP contribution in [0.15, 0.2) is 17.0 Å². The van der Waals surface area contributed by atoms with Crippen LogP contribution in [0.4, 0.5) is 0 Å². The molecule has 0 amide bonds. The molecule has 0 aliphatic carbocycles. The topological polar surface area (TPSA) is 41.6 Å². The Hall–Kier alpha value is -0.990. The maximum absolute atomic E-state index is 5.67. The molecule has 0 aromatic rings. The molecular formula is C15H31N3. The molecule has 3 nitrogen and oxygen atoms in total. The molecule has 0 saturated heterocycles. The first-order valence-corrected chi connectivity index (χ1v) is 7.45. The minimum Gasteiger partial charge on any atom is -0.403 e. The summed E-state index contributed by atoms with van der Waals surface area (Å²) in [7, 11) is 0. The van der Waals surface area contributed by atoms with Crippen LogP contribution in [-0.2, 0) is 0 Å². The standard InChI is InChI=1S/C15H31N3/c1-4-6-7-8-9-10-11-12-15(14-16)18(17-3)13-5-2/h14H,3-13,16H2,1-2H3/b15-14-. The van der Waals surface area contributed by atoms with E-state index >= 15 is 0 Å². The summed E-state index contributed by atoms with van der Waals surface area (Å²) < 4.78 is 0. The molecule has 0 spiro atoms. The molecule has 0 radical (unpaired) electrons. The van der Waals surface area contributed by atoms with Crippen molar-refractivity contribution in [3.05, 3.63) is 11.9 Å².